The van der Waals surface area contributed by atoms with E-state index in [0.717, 1.165) is 32.1 Å². The van der Waals surface area contributed by atoms with E-state index >= 15 is 0 Å². The number of hydrogen-bond acceptors (Lipinski definition) is 2. The first kappa shape index (κ1) is 11.8. The van der Waals surface area contributed by atoms with E-state index in [1.54, 1.807) is 0 Å². The molecular formula is C10H19ClN2O. The smallest absolute Gasteiger partial charge is 0.220 e. The summed E-state index contributed by atoms with van der Waals surface area (Å²) in [6.45, 7) is 0. The highest BCUT2D eigenvalue weighted by Crippen LogP contribution is 2.16. The molecule has 0 bridgehead atoms. The van der Waals surface area contributed by atoms with E-state index in [1.165, 1.54) is 0 Å². The van der Waals surface area contributed by atoms with E-state index < -0.39 is 0 Å². The van der Waals surface area contributed by atoms with Crippen LogP contribution in [-0.2, 0) is 4.79 Å². The van der Waals surface area contributed by atoms with Gasteiger partial charge in [0.15, 0.2) is 0 Å². The van der Waals surface area contributed by atoms with Gasteiger partial charge in [-0.05, 0) is 32.1 Å². The van der Waals surface area contributed by atoms with Crippen LogP contribution in [0.2, 0.25) is 0 Å². The molecule has 4 heteroatoms. The van der Waals surface area contributed by atoms with Gasteiger partial charge in [-0.1, -0.05) is 0 Å². The second-order valence-electron chi connectivity index (χ2n) is 3.98. The second kappa shape index (κ2) is 6.25. The first-order valence-electron chi connectivity index (χ1n) is 5.33. The molecule has 1 aliphatic rings. The van der Waals surface area contributed by atoms with Gasteiger partial charge in [-0.3, -0.25) is 4.79 Å². The average Bonchev–Trinajstić information content (AvgIpc) is 2.15. The topological polar surface area (TPSA) is 55.1 Å². The van der Waals surface area contributed by atoms with Gasteiger partial charge in [0.2, 0.25) is 5.91 Å². The molecule has 14 heavy (non-hydrogen) atoms. The van der Waals surface area contributed by atoms with E-state index in [9.17, 15) is 4.79 Å². The van der Waals surface area contributed by atoms with Crippen LogP contribution in [0.25, 0.3) is 0 Å². The molecule has 2 atom stereocenters. The molecule has 0 aromatic heterocycles. The number of amides is 1. The lowest BCUT2D eigenvalue weighted by Crippen LogP contribution is -2.42. The predicted octanol–water partition coefficient (Wildman–Crippen LogP) is 1.39. The Labute approximate surface area is 90.4 Å². The number of alkyl halides is 1. The number of nitrogens with one attached hydrogen (secondary N) is 1. The summed E-state index contributed by atoms with van der Waals surface area (Å²) in [5, 5.41) is 3.01. The van der Waals surface area contributed by atoms with Crippen molar-refractivity contribution in [2.24, 2.45) is 5.73 Å². The van der Waals surface area contributed by atoms with E-state index in [-0.39, 0.29) is 11.9 Å². The largest absolute Gasteiger partial charge is 0.353 e. The number of rotatable bonds is 4. The maximum absolute atomic E-state index is 11.4. The molecule has 1 aliphatic carbocycles. The van der Waals surface area contributed by atoms with Crippen molar-refractivity contribution in [3.05, 3.63) is 0 Å². The lowest BCUT2D eigenvalue weighted by Gasteiger charge is -2.27. The fraction of sp³-hybridized carbons (Fsp3) is 0.900. The van der Waals surface area contributed by atoms with Gasteiger partial charge in [-0.2, -0.15) is 0 Å². The van der Waals surface area contributed by atoms with E-state index in [2.05, 4.69) is 5.32 Å². The summed E-state index contributed by atoms with van der Waals surface area (Å²) < 4.78 is 0. The van der Waals surface area contributed by atoms with Gasteiger partial charge in [0.05, 0.1) is 0 Å². The SMILES string of the molecule is N[C@H]1CCC[C@@H](NC(=O)CCCCl)C1. The van der Waals surface area contributed by atoms with Gasteiger partial charge >= 0.3 is 0 Å². The fourth-order valence-electron chi connectivity index (χ4n) is 1.89. The third-order valence-corrected chi connectivity index (χ3v) is 2.88. The lowest BCUT2D eigenvalue weighted by atomic mass is 9.91. The van der Waals surface area contributed by atoms with E-state index in [4.69, 9.17) is 17.3 Å². The molecule has 0 aliphatic heterocycles. The molecule has 1 saturated carbocycles. The van der Waals surface area contributed by atoms with Crippen molar-refractivity contribution >= 4 is 17.5 Å². The Bertz CT molecular complexity index is 187. The quantitative estimate of drug-likeness (QED) is 0.701. The van der Waals surface area contributed by atoms with Crippen molar-refractivity contribution in [2.75, 3.05) is 5.88 Å². The van der Waals surface area contributed by atoms with Gasteiger partial charge in [-0.25, -0.2) is 0 Å². The fourth-order valence-corrected chi connectivity index (χ4v) is 2.02. The molecule has 1 rings (SSSR count). The molecule has 0 spiro atoms. The summed E-state index contributed by atoms with van der Waals surface area (Å²) in [5.41, 5.74) is 5.83. The minimum atomic E-state index is 0.116. The summed E-state index contributed by atoms with van der Waals surface area (Å²) in [5.74, 6) is 0.669. The van der Waals surface area contributed by atoms with Crippen molar-refractivity contribution in [1.82, 2.24) is 5.32 Å². The Morgan fingerprint density at radius 1 is 1.50 bits per heavy atom. The minimum Gasteiger partial charge on any atom is -0.353 e. The Balaban J connectivity index is 2.18. The lowest BCUT2D eigenvalue weighted by molar-refractivity contribution is -0.122. The van der Waals surface area contributed by atoms with Crippen LogP contribution >= 0.6 is 11.6 Å². The highest BCUT2D eigenvalue weighted by atomic mass is 35.5. The third kappa shape index (κ3) is 4.29. The molecular weight excluding hydrogens is 200 g/mol. The van der Waals surface area contributed by atoms with Crippen LogP contribution in [0.3, 0.4) is 0 Å². The Morgan fingerprint density at radius 2 is 2.29 bits per heavy atom. The highest BCUT2D eigenvalue weighted by Gasteiger charge is 2.20. The average molecular weight is 219 g/mol. The molecule has 1 fully saturated rings. The molecule has 0 saturated heterocycles. The molecule has 0 aromatic carbocycles. The van der Waals surface area contributed by atoms with Crippen LogP contribution in [0.4, 0.5) is 0 Å². The molecule has 0 unspecified atom stereocenters. The maximum Gasteiger partial charge on any atom is 0.220 e. The van der Waals surface area contributed by atoms with Crippen molar-refractivity contribution in [3.8, 4) is 0 Å². The zero-order chi connectivity index (χ0) is 10.4. The van der Waals surface area contributed by atoms with Crippen molar-refractivity contribution in [1.29, 1.82) is 0 Å². The summed E-state index contributed by atoms with van der Waals surface area (Å²) in [7, 11) is 0. The molecule has 82 valence electrons. The first-order valence-corrected chi connectivity index (χ1v) is 5.86. The van der Waals surface area contributed by atoms with Gasteiger partial charge in [0, 0.05) is 24.4 Å². The normalized spacial score (nSPS) is 27.3. The summed E-state index contributed by atoms with van der Waals surface area (Å²) >= 11 is 5.51. The number of carbonyl (C=O) groups excluding carboxylic acids is 1. The number of hydrogen-bond donors (Lipinski definition) is 2. The van der Waals surface area contributed by atoms with Crippen molar-refractivity contribution < 1.29 is 4.79 Å². The van der Waals surface area contributed by atoms with Gasteiger partial charge < -0.3 is 11.1 Å². The van der Waals surface area contributed by atoms with Gasteiger partial charge in [0.25, 0.3) is 0 Å². The van der Waals surface area contributed by atoms with Gasteiger partial charge in [0.1, 0.15) is 0 Å². The summed E-state index contributed by atoms with van der Waals surface area (Å²) in [6.07, 6.45) is 5.50. The predicted molar refractivity (Wildman–Crippen MR) is 58.3 cm³/mol. The molecule has 0 heterocycles. The molecule has 3 nitrogen and oxygen atoms in total. The van der Waals surface area contributed by atoms with Crippen LogP contribution in [0.5, 0.6) is 0 Å². The first-order chi connectivity index (χ1) is 6.72. The maximum atomic E-state index is 11.4. The van der Waals surface area contributed by atoms with Crippen molar-refractivity contribution in [3.63, 3.8) is 0 Å². The van der Waals surface area contributed by atoms with E-state index in [1.807, 2.05) is 0 Å². The van der Waals surface area contributed by atoms with Crippen LogP contribution in [0.1, 0.15) is 38.5 Å². The zero-order valence-corrected chi connectivity index (χ0v) is 9.22. The number of nitrogens with two attached hydrogens (primary N) is 1. The Hall–Kier alpha value is -0.280. The third-order valence-electron chi connectivity index (χ3n) is 2.62. The van der Waals surface area contributed by atoms with E-state index in [0.29, 0.717) is 18.3 Å². The van der Waals surface area contributed by atoms with Crippen LogP contribution in [0.15, 0.2) is 0 Å². The molecule has 3 N–H and O–H groups in total. The zero-order valence-electron chi connectivity index (χ0n) is 8.47. The van der Waals surface area contributed by atoms with Crippen molar-refractivity contribution in [2.45, 2.75) is 50.6 Å². The minimum absolute atomic E-state index is 0.116. The van der Waals surface area contributed by atoms with Gasteiger partial charge in [-0.15, -0.1) is 11.6 Å². The van der Waals surface area contributed by atoms with Crippen LogP contribution in [-0.4, -0.2) is 23.9 Å². The molecule has 1 amide bonds. The Kier molecular flexibility index (Phi) is 5.26. The monoisotopic (exact) mass is 218 g/mol. The summed E-state index contributed by atoms with van der Waals surface area (Å²) in [6, 6.07) is 0.559. The number of carbonyl (C=O) groups is 1. The molecule has 0 aromatic rings. The second-order valence-corrected chi connectivity index (χ2v) is 4.36. The van der Waals surface area contributed by atoms with Crippen LogP contribution < -0.4 is 11.1 Å². The highest BCUT2D eigenvalue weighted by molar-refractivity contribution is 6.17. The summed E-state index contributed by atoms with van der Waals surface area (Å²) in [4.78, 5) is 11.4. The number of halogens is 1. The van der Waals surface area contributed by atoms with Crippen LogP contribution in [0, 0.1) is 0 Å². The Morgan fingerprint density at radius 3 is 2.93 bits per heavy atom. The molecule has 0 radical (unpaired) electrons. The standard InChI is InChI=1S/C10H19ClN2O/c11-6-2-5-10(14)13-9-4-1-3-8(12)7-9/h8-9H,1-7,12H2,(H,13,14)/t8-,9+/m0/s1.